The summed E-state index contributed by atoms with van der Waals surface area (Å²) in [6.07, 6.45) is 10.1. The lowest BCUT2D eigenvalue weighted by molar-refractivity contribution is -0.118. The number of carbonyl (C=O) groups excluding carboxylic acids is 1. The van der Waals surface area contributed by atoms with E-state index in [4.69, 9.17) is 0 Å². The number of allylic oxidation sites excluding steroid dienone is 2. The van der Waals surface area contributed by atoms with Crippen molar-refractivity contribution in [2.24, 2.45) is 5.92 Å². The third-order valence-corrected chi connectivity index (χ3v) is 2.28. The van der Waals surface area contributed by atoms with Crippen LogP contribution in [0.15, 0.2) is 36.0 Å². The fraction of sp³-hybridized carbons (Fsp3) is 0.300. The van der Waals surface area contributed by atoms with Crippen molar-refractivity contribution in [3.63, 3.8) is 0 Å². The molecule has 1 amide bonds. The van der Waals surface area contributed by atoms with Crippen LogP contribution in [0.25, 0.3) is 0 Å². The first-order valence-electron chi connectivity index (χ1n) is 4.11. The third-order valence-electron chi connectivity index (χ3n) is 2.28. The van der Waals surface area contributed by atoms with E-state index in [9.17, 15) is 4.79 Å². The quantitative estimate of drug-likeness (QED) is 0.567. The predicted octanol–water partition coefficient (Wildman–Crippen LogP) is 1.17. The zero-order chi connectivity index (χ0) is 8.55. The molecular formula is C10H11NO. The Morgan fingerprint density at radius 2 is 2.08 bits per heavy atom. The highest BCUT2D eigenvalue weighted by Gasteiger charge is 2.24. The molecule has 0 spiro atoms. The monoisotopic (exact) mass is 161 g/mol. The Hall–Kier alpha value is -1.31. The van der Waals surface area contributed by atoms with Gasteiger partial charge in [-0.25, -0.2) is 0 Å². The summed E-state index contributed by atoms with van der Waals surface area (Å²) in [6, 6.07) is 0.172. The number of fused-ring (bicyclic) bond motifs is 1. The minimum absolute atomic E-state index is 0.0520. The van der Waals surface area contributed by atoms with Gasteiger partial charge in [0.15, 0.2) is 0 Å². The number of carbonyl (C=O) groups is 1. The first-order chi connectivity index (χ1) is 5.77. The topological polar surface area (TPSA) is 29.1 Å². The molecule has 0 aromatic carbocycles. The normalized spacial score (nSPS) is 32.4. The van der Waals surface area contributed by atoms with Crippen LogP contribution in [-0.2, 0) is 4.79 Å². The molecule has 1 aliphatic heterocycles. The molecule has 0 saturated heterocycles. The van der Waals surface area contributed by atoms with E-state index in [-0.39, 0.29) is 11.9 Å². The second-order valence-electron chi connectivity index (χ2n) is 3.20. The van der Waals surface area contributed by atoms with Gasteiger partial charge < -0.3 is 5.32 Å². The van der Waals surface area contributed by atoms with E-state index in [0.717, 1.165) is 5.57 Å². The first kappa shape index (κ1) is 7.35. The Labute approximate surface area is 71.7 Å². The van der Waals surface area contributed by atoms with Gasteiger partial charge in [0.25, 0.3) is 0 Å². The lowest BCUT2D eigenvalue weighted by Crippen LogP contribution is -2.42. The maximum atomic E-state index is 11.2. The molecule has 0 aromatic rings. The summed E-state index contributed by atoms with van der Waals surface area (Å²) in [5, 5.41) is 2.92. The fourth-order valence-corrected chi connectivity index (χ4v) is 1.56. The summed E-state index contributed by atoms with van der Waals surface area (Å²) in [5.41, 5.74) is 0.816. The van der Waals surface area contributed by atoms with Crippen LogP contribution in [0, 0.1) is 5.92 Å². The smallest absolute Gasteiger partial charge is 0.247 e. The van der Waals surface area contributed by atoms with Crippen molar-refractivity contribution in [2.75, 3.05) is 0 Å². The van der Waals surface area contributed by atoms with Gasteiger partial charge in [0.2, 0.25) is 5.91 Å². The van der Waals surface area contributed by atoms with E-state index in [1.165, 1.54) is 0 Å². The molecule has 12 heavy (non-hydrogen) atoms. The van der Waals surface area contributed by atoms with E-state index in [1.54, 1.807) is 0 Å². The van der Waals surface area contributed by atoms with E-state index in [1.807, 2.05) is 31.2 Å². The van der Waals surface area contributed by atoms with Crippen LogP contribution in [0.3, 0.4) is 0 Å². The highest BCUT2D eigenvalue weighted by Crippen LogP contribution is 2.20. The van der Waals surface area contributed by atoms with Crippen molar-refractivity contribution in [3.8, 4) is 0 Å². The number of hydrogen-bond acceptors (Lipinski definition) is 1. The van der Waals surface area contributed by atoms with Gasteiger partial charge in [-0.1, -0.05) is 30.4 Å². The Morgan fingerprint density at radius 3 is 2.92 bits per heavy atom. The SMILES string of the molecule is CC1=CC2C=CC=CC2NC1=O. The lowest BCUT2D eigenvalue weighted by Gasteiger charge is -2.27. The van der Waals surface area contributed by atoms with Crippen LogP contribution in [0.4, 0.5) is 0 Å². The third kappa shape index (κ3) is 1.09. The van der Waals surface area contributed by atoms with Crippen molar-refractivity contribution < 1.29 is 4.79 Å². The maximum absolute atomic E-state index is 11.2. The molecule has 2 atom stereocenters. The Balaban J connectivity index is 2.31. The van der Waals surface area contributed by atoms with Gasteiger partial charge in [-0.2, -0.15) is 0 Å². The number of amides is 1. The fourth-order valence-electron chi connectivity index (χ4n) is 1.56. The zero-order valence-corrected chi connectivity index (χ0v) is 6.95. The molecule has 1 heterocycles. The van der Waals surface area contributed by atoms with Crippen molar-refractivity contribution in [3.05, 3.63) is 36.0 Å². The molecule has 2 aliphatic rings. The van der Waals surface area contributed by atoms with Gasteiger partial charge in [-0.15, -0.1) is 0 Å². The largest absolute Gasteiger partial charge is 0.345 e. The second-order valence-corrected chi connectivity index (χ2v) is 3.20. The van der Waals surface area contributed by atoms with Crippen LogP contribution >= 0.6 is 0 Å². The predicted molar refractivity (Wildman–Crippen MR) is 47.5 cm³/mol. The van der Waals surface area contributed by atoms with Crippen LogP contribution in [0.2, 0.25) is 0 Å². The van der Waals surface area contributed by atoms with Gasteiger partial charge in [0.1, 0.15) is 0 Å². The molecule has 0 fully saturated rings. The standard InChI is InChI=1S/C10H11NO/c1-7-6-8-4-2-3-5-9(8)11-10(7)12/h2-6,8-9H,1H3,(H,11,12). The minimum Gasteiger partial charge on any atom is -0.345 e. The lowest BCUT2D eigenvalue weighted by atomic mass is 9.90. The van der Waals surface area contributed by atoms with Crippen molar-refractivity contribution in [2.45, 2.75) is 13.0 Å². The molecule has 62 valence electrons. The van der Waals surface area contributed by atoms with E-state index >= 15 is 0 Å². The Bertz CT molecular complexity index is 299. The van der Waals surface area contributed by atoms with Crippen LogP contribution < -0.4 is 5.32 Å². The minimum atomic E-state index is 0.0520. The van der Waals surface area contributed by atoms with Gasteiger partial charge in [-0.05, 0) is 6.92 Å². The summed E-state index contributed by atoms with van der Waals surface area (Å²) in [7, 11) is 0. The molecule has 0 radical (unpaired) electrons. The van der Waals surface area contributed by atoms with E-state index < -0.39 is 0 Å². The molecule has 2 unspecified atom stereocenters. The molecule has 0 aromatic heterocycles. The van der Waals surface area contributed by atoms with Gasteiger partial charge in [0, 0.05) is 11.5 Å². The zero-order valence-electron chi connectivity index (χ0n) is 6.95. The second kappa shape index (κ2) is 2.63. The Kier molecular flexibility index (Phi) is 1.61. The summed E-state index contributed by atoms with van der Waals surface area (Å²) >= 11 is 0. The van der Waals surface area contributed by atoms with Gasteiger partial charge >= 0.3 is 0 Å². The van der Waals surface area contributed by atoms with Crippen molar-refractivity contribution in [1.82, 2.24) is 5.32 Å². The average Bonchev–Trinajstić information content (AvgIpc) is 2.07. The number of hydrogen-bond donors (Lipinski definition) is 1. The van der Waals surface area contributed by atoms with Crippen molar-refractivity contribution in [1.29, 1.82) is 0 Å². The molecule has 0 bridgehead atoms. The average molecular weight is 161 g/mol. The molecule has 2 rings (SSSR count). The van der Waals surface area contributed by atoms with E-state index in [2.05, 4.69) is 11.4 Å². The van der Waals surface area contributed by atoms with Crippen LogP contribution in [-0.4, -0.2) is 11.9 Å². The molecule has 0 saturated carbocycles. The van der Waals surface area contributed by atoms with Gasteiger partial charge in [0.05, 0.1) is 6.04 Å². The summed E-state index contributed by atoms with van der Waals surface area (Å²) in [6.45, 7) is 1.84. The van der Waals surface area contributed by atoms with Crippen LogP contribution in [0.1, 0.15) is 6.92 Å². The molecule has 2 heteroatoms. The summed E-state index contributed by atoms with van der Waals surface area (Å²) < 4.78 is 0. The summed E-state index contributed by atoms with van der Waals surface area (Å²) in [4.78, 5) is 11.2. The Morgan fingerprint density at radius 1 is 1.33 bits per heavy atom. The van der Waals surface area contributed by atoms with E-state index in [0.29, 0.717) is 5.92 Å². The van der Waals surface area contributed by atoms with Gasteiger partial charge in [-0.3, -0.25) is 4.79 Å². The first-order valence-corrected chi connectivity index (χ1v) is 4.11. The number of rotatable bonds is 0. The van der Waals surface area contributed by atoms with Crippen molar-refractivity contribution >= 4 is 5.91 Å². The molecule has 1 N–H and O–H groups in total. The summed E-state index contributed by atoms with van der Waals surface area (Å²) in [5.74, 6) is 0.406. The molecule has 2 nitrogen and oxygen atoms in total. The molecular weight excluding hydrogens is 150 g/mol. The molecule has 1 aliphatic carbocycles. The van der Waals surface area contributed by atoms with Crippen LogP contribution in [0.5, 0.6) is 0 Å². The number of nitrogens with one attached hydrogen (secondary N) is 1. The maximum Gasteiger partial charge on any atom is 0.247 e. The highest BCUT2D eigenvalue weighted by atomic mass is 16.1. The highest BCUT2D eigenvalue weighted by molar-refractivity contribution is 5.94.